The van der Waals surface area contributed by atoms with Gasteiger partial charge >= 0.3 is 0 Å². The minimum Gasteiger partial charge on any atom is -0.309 e. The molecule has 0 aromatic heterocycles. The lowest BCUT2D eigenvalue weighted by molar-refractivity contribution is 0.503. The van der Waals surface area contributed by atoms with Gasteiger partial charge in [-0.05, 0) is 37.7 Å². The second-order valence-electron chi connectivity index (χ2n) is 4.45. The van der Waals surface area contributed by atoms with E-state index in [9.17, 15) is 13.2 Å². The highest BCUT2D eigenvalue weighted by Gasteiger charge is 2.25. The van der Waals surface area contributed by atoms with Crippen molar-refractivity contribution in [3.05, 3.63) is 68.9 Å². The van der Waals surface area contributed by atoms with Crippen LogP contribution in [0, 0.1) is 24.4 Å². The molecule has 2 aromatic carbocycles. The molecule has 0 heterocycles. The van der Waals surface area contributed by atoms with E-state index in [0.29, 0.717) is 10.0 Å². The minimum absolute atomic E-state index is 0.179. The Morgan fingerprint density at radius 3 is 2.25 bits per heavy atom. The summed E-state index contributed by atoms with van der Waals surface area (Å²) in [5.41, 5.74) is 0.311. The summed E-state index contributed by atoms with van der Waals surface area (Å²) >= 11 is 3.23. The first-order valence-corrected chi connectivity index (χ1v) is 6.82. The van der Waals surface area contributed by atoms with Gasteiger partial charge in [-0.1, -0.05) is 28.1 Å². The van der Waals surface area contributed by atoms with Crippen molar-refractivity contribution in [3.63, 3.8) is 0 Å². The van der Waals surface area contributed by atoms with Gasteiger partial charge in [0.05, 0.1) is 6.04 Å². The third kappa shape index (κ3) is 2.60. The van der Waals surface area contributed by atoms with E-state index in [4.69, 9.17) is 0 Å². The third-order valence-corrected chi connectivity index (χ3v) is 3.88. The maximum Gasteiger partial charge on any atom is 0.134 e. The second kappa shape index (κ2) is 5.97. The van der Waals surface area contributed by atoms with Crippen molar-refractivity contribution in [3.8, 4) is 0 Å². The Labute approximate surface area is 123 Å². The normalized spacial score (nSPS) is 12.5. The first-order valence-electron chi connectivity index (χ1n) is 6.03. The fraction of sp³-hybridized carbons (Fsp3) is 0.200. The van der Waals surface area contributed by atoms with E-state index in [2.05, 4.69) is 21.2 Å². The lowest BCUT2D eigenvalue weighted by Crippen LogP contribution is -2.22. The molecule has 0 amide bonds. The lowest BCUT2D eigenvalue weighted by Gasteiger charge is -2.21. The molecule has 2 rings (SSSR count). The summed E-state index contributed by atoms with van der Waals surface area (Å²) < 4.78 is 42.7. The van der Waals surface area contributed by atoms with Crippen LogP contribution in [-0.2, 0) is 0 Å². The highest BCUT2D eigenvalue weighted by Crippen LogP contribution is 2.34. The van der Waals surface area contributed by atoms with Gasteiger partial charge in [-0.25, -0.2) is 13.2 Å². The van der Waals surface area contributed by atoms with E-state index in [-0.39, 0.29) is 11.1 Å². The van der Waals surface area contributed by atoms with Gasteiger partial charge < -0.3 is 5.32 Å². The van der Waals surface area contributed by atoms with Crippen LogP contribution in [0.2, 0.25) is 0 Å². The zero-order chi connectivity index (χ0) is 14.9. The van der Waals surface area contributed by atoms with E-state index in [1.54, 1.807) is 13.0 Å². The maximum atomic E-state index is 14.2. The highest BCUT2D eigenvalue weighted by atomic mass is 79.9. The number of benzene rings is 2. The topological polar surface area (TPSA) is 12.0 Å². The first kappa shape index (κ1) is 15.1. The van der Waals surface area contributed by atoms with Crippen molar-refractivity contribution in [1.29, 1.82) is 0 Å². The van der Waals surface area contributed by atoms with E-state index in [1.165, 1.54) is 31.3 Å². The summed E-state index contributed by atoms with van der Waals surface area (Å²) in [5.74, 6) is -1.90. The Hall–Kier alpha value is -1.33. The van der Waals surface area contributed by atoms with Gasteiger partial charge in [-0.2, -0.15) is 0 Å². The molecule has 0 fully saturated rings. The molecule has 0 spiro atoms. The van der Waals surface area contributed by atoms with E-state index in [0.717, 1.165) is 0 Å². The zero-order valence-corrected chi connectivity index (χ0v) is 12.6. The van der Waals surface area contributed by atoms with Crippen LogP contribution in [0.5, 0.6) is 0 Å². The molecule has 2 aromatic rings. The largest absolute Gasteiger partial charge is 0.309 e. The number of hydrogen-bond acceptors (Lipinski definition) is 1. The Bertz CT molecular complexity index is 623. The van der Waals surface area contributed by atoms with Gasteiger partial charge in [0.2, 0.25) is 0 Å². The monoisotopic (exact) mass is 343 g/mol. The molecule has 0 saturated carbocycles. The van der Waals surface area contributed by atoms with Crippen LogP contribution >= 0.6 is 15.9 Å². The quantitative estimate of drug-likeness (QED) is 0.866. The summed E-state index contributed by atoms with van der Waals surface area (Å²) in [6.45, 7) is 1.54. The first-order chi connectivity index (χ1) is 9.47. The average molecular weight is 344 g/mol. The Kier molecular flexibility index (Phi) is 4.50. The Balaban J connectivity index is 2.68. The van der Waals surface area contributed by atoms with Gasteiger partial charge in [0.1, 0.15) is 17.5 Å². The fourth-order valence-corrected chi connectivity index (χ4v) is 2.73. The molecule has 0 aliphatic carbocycles. The molecular formula is C15H13BrF3N. The summed E-state index contributed by atoms with van der Waals surface area (Å²) in [7, 11) is 1.53. The standard InChI is InChI=1S/C15H13BrF3N/c1-8-6-7-11(18)13(14(8)19)15(20-2)12-9(16)4-3-5-10(12)17/h3-7,15,20H,1-2H3. The fourth-order valence-electron chi connectivity index (χ4n) is 2.16. The molecule has 5 heteroatoms. The Morgan fingerprint density at radius 1 is 1.00 bits per heavy atom. The summed E-state index contributed by atoms with van der Waals surface area (Å²) in [5, 5.41) is 2.78. The molecule has 1 nitrogen and oxygen atoms in total. The molecule has 1 unspecified atom stereocenters. The number of hydrogen-bond donors (Lipinski definition) is 1. The van der Waals surface area contributed by atoms with Crippen LogP contribution in [0.25, 0.3) is 0 Å². The molecule has 0 aliphatic heterocycles. The van der Waals surface area contributed by atoms with Gasteiger partial charge in [0, 0.05) is 15.6 Å². The van der Waals surface area contributed by atoms with Crippen LogP contribution in [0.3, 0.4) is 0 Å². The molecule has 0 saturated heterocycles. The minimum atomic E-state index is -0.912. The van der Waals surface area contributed by atoms with Gasteiger partial charge in [0.15, 0.2) is 0 Å². The predicted molar refractivity (Wildman–Crippen MR) is 76.1 cm³/mol. The molecule has 0 bridgehead atoms. The summed E-state index contributed by atoms with van der Waals surface area (Å²) in [4.78, 5) is 0. The number of aryl methyl sites for hydroxylation is 1. The SMILES string of the molecule is CNC(c1c(F)cccc1Br)c1c(F)ccc(C)c1F. The van der Waals surface area contributed by atoms with Crippen LogP contribution in [0.15, 0.2) is 34.8 Å². The van der Waals surface area contributed by atoms with Crippen molar-refractivity contribution >= 4 is 15.9 Å². The summed E-state index contributed by atoms with van der Waals surface area (Å²) in [6.07, 6.45) is 0. The zero-order valence-electron chi connectivity index (χ0n) is 11.0. The van der Waals surface area contributed by atoms with E-state index in [1.807, 2.05) is 0 Å². The molecular weight excluding hydrogens is 331 g/mol. The van der Waals surface area contributed by atoms with Gasteiger partial charge in [0.25, 0.3) is 0 Å². The molecule has 106 valence electrons. The van der Waals surface area contributed by atoms with Gasteiger partial charge in [-0.3, -0.25) is 0 Å². The van der Waals surface area contributed by atoms with Crippen LogP contribution in [-0.4, -0.2) is 7.05 Å². The summed E-state index contributed by atoms with van der Waals surface area (Å²) in [6, 6.07) is 6.05. The predicted octanol–water partition coefficient (Wildman–Crippen LogP) is 4.48. The van der Waals surface area contributed by atoms with E-state index < -0.39 is 23.5 Å². The maximum absolute atomic E-state index is 14.2. The van der Waals surface area contributed by atoms with Crippen LogP contribution < -0.4 is 5.32 Å². The third-order valence-electron chi connectivity index (χ3n) is 3.19. The van der Waals surface area contributed by atoms with Gasteiger partial charge in [-0.15, -0.1) is 0 Å². The number of rotatable bonds is 3. The Morgan fingerprint density at radius 2 is 1.65 bits per heavy atom. The average Bonchev–Trinajstić information content (AvgIpc) is 2.41. The smallest absolute Gasteiger partial charge is 0.134 e. The number of nitrogens with one attached hydrogen (secondary N) is 1. The van der Waals surface area contributed by atoms with Crippen molar-refractivity contribution in [2.24, 2.45) is 0 Å². The van der Waals surface area contributed by atoms with E-state index >= 15 is 0 Å². The van der Waals surface area contributed by atoms with Crippen molar-refractivity contribution in [1.82, 2.24) is 5.32 Å². The molecule has 20 heavy (non-hydrogen) atoms. The molecule has 0 radical (unpaired) electrons. The van der Waals surface area contributed by atoms with Crippen molar-refractivity contribution in [2.45, 2.75) is 13.0 Å². The highest BCUT2D eigenvalue weighted by molar-refractivity contribution is 9.10. The lowest BCUT2D eigenvalue weighted by atomic mass is 9.95. The molecule has 1 N–H and O–H groups in total. The molecule has 1 atom stereocenters. The molecule has 0 aliphatic rings. The van der Waals surface area contributed by atoms with Crippen LogP contribution in [0.1, 0.15) is 22.7 Å². The van der Waals surface area contributed by atoms with Crippen molar-refractivity contribution < 1.29 is 13.2 Å². The second-order valence-corrected chi connectivity index (χ2v) is 5.30. The van der Waals surface area contributed by atoms with Crippen LogP contribution in [0.4, 0.5) is 13.2 Å². The van der Waals surface area contributed by atoms with Crippen molar-refractivity contribution in [2.75, 3.05) is 7.05 Å². The number of halogens is 4.